The maximum absolute atomic E-state index is 14.1. The van der Waals surface area contributed by atoms with Crippen LogP contribution in [-0.4, -0.2) is 34.5 Å². The first-order valence-corrected chi connectivity index (χ1v) is 9.56. The minimum atomic E-state index is -0.447. The van der Waals surface area contributed by atoms with Gasteiger partial charge in [0, 0.05) is 18.0 Å². The van der Waals surface area contributed by atoms with Gasteiger partial charge in [-0.1, -0.05) is 18.2 Å². The van der Waals surface area contributed by atoms with Crippen LogP contribution in [0.15, 0.2) is 61.2 Å². The van der Waals surface area contributed by atoms with Crippen LogP contribution < -0.4 is 5.73 Å². The second-order valence-electron chi connectivity index (χ2n) is 6.82. The van der Waals surface area contributed by atoms with E-state index in [9.17, 15) is 9.65 Å². The molecule has 0 bridgehead atoms. The molecule has 32 heavy (non-hydrogen) atoms. The normalized spacial score (nSPS) is 10.9. The molecule has 0 spiro atoms. The molecular weight excluding hydrogens is 409 g/mol. The second-order valence-corrected chi connectivity index (χ2v) is 6.82. The van der Waals surface area contributed by atoms with Crippen LogP contribution in [0.25, 0.3) is 28.2 Å². The van der Waals surface area contributed by atoms with Crippen LogP contribution in [0.3, 0.4) is 0 Å². The van der Waals surface area contributed by atoms with Gasteiger partial charge in [-0.05, 0) is 24.3 Å². The van der Waals surface area contributed by atoms with E-state index < -0.39 is 5.82 Å². The Morgan fingerprint density at radius 2 is 1.91 bits per heavy atom. The molecule has 4 heterocycles. The summed E-state index contributed by atoms with van der Waals surface area (Å²) < 4.78 is 15.5. The van der Waals surface area contributed by atoms with Crippen LogP contribution in [0.2, 0.25) is 0 Å². The summed E-state index contributed by atoms with van der Waals surface area (Å²) in [6.07, 6.45) is 4.58. The van der Waals surface area contributed by atoms with E-state index in [0.29, 0.717) is 39.5 Å². The molecule has 0 saturated heterocycles. The van der Waals surface area contributed by atoms with Crippen LogP contribution in [0.4, 0.5) is 10.3 Å². The van der Waals surface area contributed by atoms with E-state index in [0.717, 1.165) is 0 Å². The average molecular weight is 423 g/mol. The van der Waals surface area contributed by atoms with Crippen LogP contribution >= 0.6 is 0 Å². The predicted molar refractivity (Wildman–Crippen MR) is 113 cm³/mol. The van der Waals surface area contributed by atoms with E-state index in [-0.39, 0.29) is 18.1 Å². The molecular formula is C22H14FN9. The van der Waals surface area contributed by atoms with Crippen molar-refractivity contribution in [2.24, 2.45) is 0 Å². The number of aromatic nitrogens is 7. The van der Waals surface area contributed by atoms with Gasteiger partial charge in [0.25, 0.3) is 0 Å². The van der Waals surface area contributed by atoms with Crippen LogP contribution in [0.5, 0.6) is 0 Å². The molecule has 0 fully saturated rings. The van der Waals surface area contributed by atoms with Crippen molar-refractivity contribution in [2.45, 2.75) is 6.42 Å². The smallest absolute Gasteiger partial charge is 0.223 e. The Bertz CT molecular complexity index is 1490. The highest BCUT2D eigenvalue weighted by Crippen LogP contribution is 2.35. The monoisotopic (exact) mass is 423 g/mol. The van der Waals surface area contributed by atoms with Gasteiger partial charge < -0.3 is 5.73 Å². The molecule has 4 aromatic heterocycles. The third-order valence-corrected chi connectivity index (χ3v) is 4.86. The van der Waals surface area contributed by atoms with Crippen molar-refractivity contribution >= 4 is 11.6 Å². The summed E-state index contributed by atoms with van der Waals surface area (Å²) in [6, 6.07) is 13.8. The molecule has 0 aliphatic heterocycles. The number of benzene rings is 1. The number of nitriles is 1. The van der Waals surface area contributed by atoms with Crippen molar-refractivity contribution in [3.8, 4) is 28.6 Å². The SMILES string of the molecule is N#Cc1ccccc1-c1nc(N)n2nc(Cc3ncccc3F)nc2c1-c1ccncn1. The van der Waals surface area contributed by atoms with Gasteiger partial charge in [-0.25, -0.2) is 24.3 Å². The standard InChI is InChI=1S/C22H14FN9/c23-15-6-3-8-27-17(15)10-18-29-21-19(16-7-9-26-12-28-16)20(30-22(25)32(21)31-18)14-5-2-1-4-13(14)11-24/h1-9,12H,10H2,(H2,25,30). The lowest BCUT2D eigenvalue weighted by Crippen LogP contribution is -2.07. The molecule has 2 N–H and O–H groups in total. The molecule has 0 amide bonds. The highest BCUT2D eigenvalue weighted by Gasteiger charge is 2.22. The lowest BCUT2D eigenvalue weighted by molar-refractivity contribution is 0.601. The van der Waals surface area contributed by atoms with Crippen LogP contribution in [-0.2, 0) is 6.42 Å². The number of pyridine rings is 1. The number of nitrogens with zero attached hydrogens (tertiary/aromatic N) is 8. The van der Waals surface area contributed by atoms with E-state index >= 15 is 0 Å². The molecule has 5 aromatic rings. The quantitative estimate of drug-likeness (QED) is 0.467. The highest BCUT2D eigenvalue weighted by molar-refractivity contribution is 5.90. The number of anilines is 1. The third kappa shape index (κ3) is 3.27. The summed E-state index contributed by atoms with van der Waals surface area (Å²) in [5, 5.41) is 14.0. The zero-order valence-corrected chi connectivity index (χ0v) is 16.5. The van der Waals surface area contributed by atoms with Crippen molar-refractivity contribution in [2.75, 3.05) is 5.73 Å². The largest absolute Gasteiger partial charge is 0.368 e. The third-order valence-electron chi connectivity index (χ3n) is 4.86. The molecule has 0 unspecified atom stereocenters. The van der Waals surface area contributed by atoms with Gasteiger partial charge in [-0.15, -0.1) is 5.10 Å². The molecule has 154 valence electrons. The molecule has 9 nitrogen and oxygen atoms in total. The van der Waals surface area contributed by atoms with Gasteiger partial charge in [0.15, 0.2) is 11.5 Å². The Morgan fingerprint density at radius 1 is 1.03 bits per heavy atom. The molecule has 0 aliphatic carbocycles. The first-order chi connectivity index (χ1) is 15.7. The number of nitrogens with two attached hydrogens (primary N) is 1. The fourth-order valence-corrected chi connectivity index (χ4v) is 3.43. The van der Waals surface area contributed by atoms with Gasteiger partial charge in [0.1, 0.15) is 12.1 Å². The molecule has 0 radical (unpaired) electrons. The number of nitrogen functional groups attached to an aromatic ring is 1. The Kier molecular flexibility index (Phi) is 4.68. The van der Waals surface area contributed by atoms with Crippen LogP contribution in [0, 0.1) is 17.1 Å². The van der Waals surface area contributed by atoms with Crippen molar-refractivity contribution in [3.05, 3.63) is 84.1 Å². The summed E-state index contributed by atoms with van der Waals surface area (Å²) in [5.41, 5.74) is 9.32. The van der Waals surface area contributed by atoms with Crippen molar-refractivity contribution in [1.29, 1.82) is 5.26 Å². The number of rotatable bonds is 4. The highest BCUT2D eigenvalue weighted by atomic mass is 19.1. The van der Waals surface area contributed by atoms with Gasteiger partial charge in [-0.2, -0.15) is 9.78 Å². The fourth-order valence-electron chi connectivity index (χ4n) is 3.43. The summed E-state index contributed by atoms with van der Waals surface area (Å²) in [4.78, 5) is 21.5. The van der Waals surface area contributed by atoms with E-state index in [1.165, 1.54) is 29.2 Å². The minimum Gasteiger partial charge on any atom is -0.368 e. The van der Waals surface area contributed by atoms with E-state index in [2.05, 4.69) is 36.1 Å². The fraction of sp³-hybridized carbons (Fsp3) is 0.0455. The lowest BCUT2D eigenvalue weighted by Gasteiger charge is -2.12. The van der Waals surface area contributed by atoms with Gasteiger partial charge in [0.05, 0.1) is 40.7 Å². The number of hydrogen-bond acceptors (Lipinski definition) is 8. The molecule has 5 rings (SSSR count). The Morgan fingerprint density at radius 3 is 2.69 bits per heavy atom. The predicted octanol–water partition coefficient (Wildman–Crippen LogP) is 2.83. The number of fused-ring (bicyclic) bond motifs is 1. The zero-order valence-electron chi connectivity index (χ0n) is 16.5. The van der Waals surface area contributed by atoms with E-state index in [1.54, 1.807) is 36.5 Å². The summed E-state index contributed by atoms with van der Waals surface area (Å²) >= 11 is 0. The number of halogens is 1. The van der Waals surface area contributed by atoms with E-state index in [4.69, 9.17) is 5.73 Å². The van der Waals surface area contributed by atoms with E-state index in [1.807, 2.05) is 0 Å². The molecule has 1 aromatic carbocycles. The average Bonchev–Trinajstić information content (AvgIpc) is 3.25. The first-order valence-electron chi connectivity index (χ1n) is 9.56. The van der Waals surface area contributed by atoms with Gasteiger partial charge in [0.2, 0.25) is 5.95 Å². The van der Waals surface area contributed by atoms with Gasteiger partial charge >= 0.3 is 0 Å². The first kappa shape index (κ1) is 19.2. The Hall–Kier alpha value is -4.78. The minimum absolute atomic E-state index is 0.0702. The second kappa shape index (κ2) is 7.81. The van der Waals surface area contributed by atoms with Crippen molar-refractivity contribution in [1.82, 2.24) is 34.5 Å². The summed E-state index contributed by atoms with van der Waals surface area (Å²) in [5.74, 6) is -0.0602. The summed E-state index contributed by atoms with van der Waals surface area (Å²) in [6.45, 7) is 0. The maximum atomic E-state index is 14.1. The zero-order chi connectivity index (χ0) is 22.1. The molecule has 0 aliphatic rings. The van der Waals surface area contributed by atoms with Crippen molar-refractivity contribution < 1.29 is 4.39 Å². The molecule has 10 heteroatoms. The number of hydrogen-bond donors (Lipinski definition) is 1. The lowest BCUT2D eigenvalue weighted by atomic mass is 9.99. The Labute approximate surface area is 181 Å². The summed E-state index contributed by atoms with van der Waals surface area (Å²) in [7, 11) is 0. The molecule has 0 atom stereocenters. The maximum Gasteiger partial charge on any atom is 0.223 e. The van der Waals surface area contributed by atoms with Gasteiger partial charge in [-0.3, -0.25) is 4.98 Å². The topological polar surface area (TPSA) is 132 Å². The molecule has 0 saturated carbocycles. The van der Waals surface area contributed by atoms with Crippen molar-refractivity contribution in [3.63, 3.8) is 0 Å². The van der Waals surface area contributed by atoms with Crippen LogP contribution in [0.1, 0.15) is 17.1 Å². The Balaban J connectivity index is 1.78.